The van der Waals surface area contributed by atoms with E-state index in [1.54, 1.807) is 18.2 Å². The third-order valence-corrected chi connectivity index (χ3v) is 4.02. The molecule has 5 heteroatoms. The maximum absolute atomic E-state index is 14.4. The van der Waals surface area contributed by atoms with E-state index < -0.39 is 17.7 Å². The number of hydrogen-bond acceptors (Lipinski definition) is 1. The highest BCUT2D eigenvalue weighted by atomic mass is 19.3. The second-order valence-electron chi connectivity index (χ2n) is 5.92. The second-order valence-corrected chi connectivity index (χ2v) is 5.92. The highest BCUT2D eigenvalue weighted by Crippen LogP contribution is 2.33. The molecule has 0 saturated carbocycles. The lowest BCUT2D eigenvalue weighted by atomic mass is 10.1. The molecule has 0 aliphatic carbocycles. The fourth-order valence-corrected chi connectivity index (χ4v) is 2.62. The van der Waals surface area contributed by atoms with E-state index in [-0.39, 0.29) is 16.7 Å². The van der Waals surface area contributed by atoms with Gasteiger partial charge in [0.05, 0.1) is 5.56 Å². The van der Waals surface area contributed by atoms with Crippen molar-refractivity contribution in [3.8, 4) is 5.75 Å². The molecular weight excluding hydrogens is 344 g/mol. The molecule has 0 spiro atoms. The van der Waals surface area contributed by atoms with E-state index in [4.69, 9.17) is 4.74 Å². The van der Waals surface area contributed by atoms with Gasteiger partial charge in [-0.25, -0.2) is 8.78 Å². The predicted octanol–water partition coefficient (Wildman–Crippen LogP) is 6.36. The average Bonchev–Trinajstić information content (AvgIpc) is 2.61. The summed E-state index contributed by atoms with van der Waals surface area (Å²) in [6.45, 7) is 3.63. The Labute approximate surface area is 148 Å². The first-order valence-corrected chi connectivity index (χ1v) is 8.05. The quantitative estimate of drug-likeness (QED) is 0.367. The summed E-state index contributed by atoms with van der Waals surface area (Å²) in [5, 5.41) is 0.670. The van der Waals surface area contributed by atoms with Crippen LogP contribution in [-0.2, 0) is 12.5 Å². The maximum Gasteiger partial charge on any atom is 0.426 e. The van der Waals surface area contributed by atoms with Gasteiger partial charge in [0.1, 0.15) is 5.75 Å². The van der Waals surface area contributed by atoms with Crippen LogP contribution in [0.5, 0.6) is 5.75 Å². The number of aryl methyl sites for hydroxylation is 1. The minimum absolute atomic E-state index is 0.135. The standard InChI is InChI=1S/C21H16F4O/c1-2-3-4-14-5-8-17(9-6-14)21(24,25)26-18-10-7-15-12-19(22)20(23)13-16(15)11-18/h2,5-13H,1,3-4H2. The summed E-state index contributed by atoms with van der Waals surface area (Å²) >= 11 is 0. The summed E-state index contributed by atoms with van der Waals surface area (Å²) in [7, 11) is 0. The van der Waals surface area contributed by atoms with E-state index >= 15 is 0 Å². The number of alkyl halides is 2. The average molecular weight is 360 g/mol. The molecule has 0 N–H and O–H groups in total. The van der Waals surface area contributed by atoms with Crippen molar-refractivity contribution in [1.29, 1.82) is 0 Å². The summed E-state index contributed by atoms with van der Waals surface area (Å²) in [5.41, 5.74) is 0.637. The van der Waals surface area contributed by atoms with E-state index in [0.717, 1.165) is 30.5 Å². The van der Waals surface area contributed by atoms with Crippen molar-refractivity contribution in [2.75, 3.05) is 0 Å². The van der Waals surface area contributed by atoms with Gasteiger partial charge in [-0.1, -0.05) is 24.3 Å². The Morgan fingerprint density at radius 3 is 2.19 bits per heavy atom. The van der Waals surface area contributed by atoms with Crippen LogP contribution in [0.25, 0.3) is 10.8 Å². The Morgan fingerprint density at radius 2 is 1.54 bits per heavy atom. The van der Waals surface area contributed by atoms with Crippen molar-refractivity contribution in [2.24, 2.45) is 0 Å². The fourth-order valence-electron chi connectivity index (χ4n) is 2.62. The molecule has 3 rings (SSSR count). The fraction of sp³-hybridized carbons (Fsp3) is 0.143. The number of halogens is 4. The lowest BCUT2D eigenvalue weighted by molar-refractivity contribution is -0.185. The maximum atomic E-state index is 14.4. The van der Waals surface area contributed by atoms with Crippen LogP contribution in [0.3, 0.4) is 0 Å². The smallest absolute Gasteiger partial charge is 0.426 e. The van der Waals surface area contributed by atoms with Crippen LogP contribution in [0.4, 0.5) is 17.6 Å². The third-order valence-electron chi connectivity index (χ3n) is 4.02. The van der Waals surface area contributed by atoms with Gasteiger partial charge in [-0.2, -0.15) is 8.78 Å². The topological polar surface area (TPSA) is 9.23 Å². The first-order chi connectivity index (χ1) is 12.4. The number of benzene rings is 3. The van der Waals surface area contributed by atoms with Gasteiger partial charge in [-0.15, -0.1) is 6.58 Å². The summed E-state index contributed by atoms with van der Waals surface area (Å²) in [4.78, 5) is 0. The molecule has 0 unspecified atom stereocenters. The summed E-state index contributed by atoms with van der Waals surface area (Å²) in [6.07, 6.45) is -0.299. The van der Waals surface area contributed by atoms with Crippen LogP contribution in [-0.4, -0.2) is 0 Å². The zero-order valence-corrected chi connectivity index (χ0v) is 13.8. The molecular formula is C21H16F4O. The van der Waals surface area contributed by atoms with Gasteiger partial charge in [-0.3, -0.25) is 0 Å². The molecule has 26 heavy (non-hydrogen) atoms. The Bertz CT molecular complexity index is 933. The molecule has 134 valence electrons. The van der Waals surface area contributed by atoms with Crippen molar-refractivity contribution >= 4 is 10.8 Å². The lowest BCUT2D eigenvalue weighted by Crippen LogP contribution is -2.21. The molecule has 0 atom stereocenters. The largest absolute Gasteiger partial charge is 0.429 e. The summed E-state index contributed by atoms with van der Waals surface area (Å²) in [5.74, 6) is -2.17. The molecule has 0 aliphatic rings. The SMILES string of the molecule is C=CCCc1ccc(C(F)(F)Oc2ccc3cc(F)c(F)cc3c2)cc1. The van der Waals surface area contributed by atoms with E-state index in [0.29, 0.717) is 5.39 Å². The summed E-state index contributed by atoms with van der Waals surface area (Å²) in [6, 6.07) is 11.8. The minimum Gasteiger partial charge on any atom is -0.429 e. The van der Waals surface area contributed by atoms with E-state index in [1.165, 1.54) is 30.3 Å². The predicted molar refractivity (Wildman–Crippen MR) is 93.3 cm³/mol. The third kappa shape index (κ3) is 3.87. The Balaban J connectivity index is 1.83. The van der Waals surface area contributed by atoms with E-state index in [2.05, 4.69) is 6.58 Å². The Kier molecular flexibility index (Phi) is 4.98. The second kappa shape index (κ2) is 7.20. The molecule has 1 nitrogen and oxygen atoms in total. The first-order valence-electron chi connectivity index (χ1n) is 8.05. The first kappa shape index (κ1) is 18.0. The molecule has 0 radical (unpaired) electrons. The van der Waals surface area contributed by atoms with Crippen LogP contribution in [0, 0.1) is 11.6 Å². The molecule has 0 fully saturated rings. The van der Waals surface area contributed by atoms with Crippen LogP contribution in [0.15, 0.2) is 67.3 Å². The van der Waals surface area contributed by atoms with E-state index in [9.17, 15) is 17.6 Å². The number of ether oxygens (including phenoxy) is 1. The highest BCUT2D eigenvalue weighted by molar-refractivity contribution is 5.84. The molecule has 0 amide bonds. The molecule has 0 aromatic heterocycles. The zero-order valence-electron chi connectivity index (χ0n) is 13.8. The Morgan fingerprint density at radius 1 is 0.885 bits per heavy atom. The van der Waals surface area contributed by atoms with E-state index in [1.807, 2.05) is 0 Å². The number of hydrogen-bond donors (Lipinski definition) is 0. The minimum atomic E-state index is -3.55. The van der Waals surface area contributed by atoms with Gasteiger partial charge in [0.15, 0.2) is 11.6 Å². The molecule has 3 aromatic carbocycles. The van der Waals surface area contributed by atoms with Crippen molar-refractivity contribution in [1.82, 2.24) is 0 Å². The van der Waals surface area contributed by atoms with Gasteiger partial charge >= 0.3 is 6.11 Å². The highest BCUT2D eigenvalue weighted by Gasteiger charge is 2.34. The monoisotopic (exact) mass is 360 g/mol. The summed E-state index contributed by atoms with van der Waals surface area (Å²) < 4.78 is 60.2. The van der Waals surface area contributed by atoms with Crippen LogP contribution in [0.2, 0.25) is 0 Å². The van der Waals surface area contributed by atoms with Crippen molar-refractivity contribution in [3.05, 3.63) is 90.0 Å². The van der Waals surface area contributed by atoms with Gasteiger partial charge in [-0.05, 0) is 65.6 Å². The molecule has 0 heterocycles. The number of allylic oxidation sites excluding steroid dienone is 1. The Hall–Kier alpha value is -2.82. The molecule has 0 saturated heterocycles. The molecule has 0 bridgehead atoms. The number of fused-ring (bicyclic) bond motifs is 1. The molecule has 0 aliphatic heterocycles. The molecule has 3 aromatic rings. The lowest BCUT2D eigenvalue weighted by Gasteiger charge is -2.19. The van der Waals surface area contributed by atoms with Crippen molar-refractivity contribution < 1.29 is 22.3 Å². The van der Waals surface area contributed by atoms with Crippen LogP contribution in [0.1, 0.15) is 17.5 Å². The van der Waals surface area contributed by atoms with Crippen LogP contribution < -0.4 is 4.74 Å². The van der Waals surface area contributed by atoms with Crippen LogP contribution >= 0.6 is 0 Å². The van der Waals surface area contributed by atoms with Gasteiger partial charge in [0, 0.05) is 0 Å². The zero-order chi connectivity index (χ0) is 18.7. The van der Waals surface area contributed by atoms with Crippen molar-refractivity contribution in [2.45, 2.75) is 19.0 Å². The van der Waals surface area contributed by atoms with Gasteiger partial charge in [0.2, 0.25) is 0 Å². The number of rotatable bonds is 6. The van der Waals surface area contributed by atoms with Crippen molar-refractivity contribution in [3.63, 3.8) is 0 Å². The van der Waals surface area contributed by atoms with Gasteiger partial charge in [0.25, 0.3) is 0 Å². The normalized spacial score (nSPS) is 11.5. The van der Waals surface area contributed by atoms with Gasteiger partial charge < -0.3 is 4.74 Å².